The molecular weight excluding hydrogens is 416 g/mol. The number of methoxy groups -OCH3 is 1. The monoisotopic (exact) mass is 440 g/mol. The van der Waals surface area contributed by atoms with Gasteiger partial charge in [-0.2, -0.15) is 0 Å². The van der Waals surface area contributed by atoms with Gasteiger partial charge in [-0.05, 0) is 29.7 Å². The van der Waals surface area contributed by atoms with Crippen molar-refractivity contribution in [2.45, 2.75) is 19.8 Å². The summed E-state index contributed by atoms with van der Waals surface area (Å²) >= 11 is 0. The molecule has 0 atom stereocenters. The summed E-state index contributed by atoms with van der Waals surface area (Å²) in [6, 6.07) is 8.09. The highest BCUT2D eigenvalue weighted by Gasteiger charge is 2.25. The topological polar surface area (TPSA) is 128 Å². The van der Waals surface area contributed by atoms with Crippen LogP contribution in [0, 0.1) is 0 Å². The Hall–Kier alpha value is -3.79. The molecule has 0 bridgehead atoms. The van der Waals surface area contributed by atoms with Gasteiger partial charge >= 0.3 is 0 Å². The number of nitrogens with zero attached hydrogens (tertiary/aromatic N) is 3. The van der Waals surface area contributed by atoms with E-state index in [1.807, 2.05) is 13.8 Å². The summed E-state index contributed by atoms with van der Waals surface area (Å²) in [5.41, 5.74) is 1.50. The summed E-state index contributed by atoms with van der Waals surface area (Å²) < 4.78 is 17.4. The van der Waals surface area contributed by atoms with Crippen LogP contribution in [0.25, 0.3) is 17.1 Å². The number of phenols is 2. The SMILES string of the molecule is COCCNC(=O)c1nnc(-c2cc(C(C)C)c(O)cc2O)n1-c1ccc2c(c1)OCO2. The van der Waals surface area contributed by atoms with Gasteiger partial charge in [0.25, 0.3) is 5.91 Å². The molecule has 3 N–H and O–H groups in total. The molecule has 4 rings (SSSR count). The molecule has 2 aromatic carbocycles. The summed E-state index contributed by atoms with van der Waals surface area (Å²) in [6.07, 6.45) is 0. The Balaban J connectivity index is 1.87. The van der Waals surface area contributed by atoms with Crippen LogP contribution in [0.1, 0.15) is 35.9 Å². The average Bonchev–Trinajstić information content (AvgIpc) is 3.40. The molecule has 0 saturated carbocycles. The molecule has 2 heterocycles. The van der Waals surface area contributed by atoms with E-state index >= 15 is 0 Å². The summed E-state index contributed by atoms with van der Waals surface area (Å²) in [5, 5.41) is 31.9. The zero-order valence-electron chi connectivity index (χ0n) is 18.0. The van der Waals surface area contributed by atoms with E-state index in [0.29, 0.717) is 41.5 Å². The first-order valence-corrected chi connectivity index (χ1v) is 10.1. The van der Waals surface area contributed by atoms with Crippen LogP contribution in [-0.2, 0) is 4.74 Å². The van der Waals surface area contributed by atoms with Gasteiger partial charge in [0.15, 0.2) is 17.3 Å². The quantitative estimate of drug-likeness (QED) is 0.478. The van der Waals surface area contributed by atoms with Crippen LogP contribution in [0.4, 0.5) is 0 Å². The first-order chi connectivity index (χ1) is 15.4. The van der Waals surface area contributed by atoms with E-state index < -0.39 is 5.91 Å². The van der Waals surface area contributed by atoms with Crippen LogP contribution < -0.4 is 14.8 Å². The predicted molar refractivity (Wildman–Crippen MR) is 115 cm³/mol. The van der Waals surface area contributed by atoms with E-state index in [2.05, 4.69) is 15.5 Å². The van der Waals surface area contributed by atoms with Gasteiger partial charge in [0, 0.05) is 25.8 Å². The van der Waals surface area contributed by atoms with Gasteiger partial charge in [-0.25, -0.2) is 0 Å². The van der Waals surface area contributed by atoms with Crippen LogP contribution in [0.5, 0.6) is 23.0 Å². The number of amides is 1. The highest BCUT2D eigenvalue weighted by Crippen LogP contribution is 2.39. The Kier molecular flexibility index (Phi) is 5.87. The highest BCUT2D eigenvalue weighted by molar-refractivity contribution is 5.92. The zero-order chi connectivity index (χ0) is 22.8. The van der Waals surface area contributed by atoms with Crippen LogP contribution in [0.3, 0.4) is 0 Å². The fraction of sp³-hybridized carbons (Fsp3) is 0.318. The number of aromatic hydroxyl groups is 2. The van der Waals surface area contributed by atoms with E-state index in [9.17, 15) is 15.0 Å². The van der Waals surface area contributed by atoms with E-state index in [1.165, 1.54) is 10.6 Å². The lowest BCUT2D eigenvalue weighted by Gasteiger charge is -2.15. The molecule has 168 valence electrons. The maximum atomic E-state index is 12.9. The number of aromatic nitrogens is 3. The molecule has 10 heteroatoms. The number of fused-ring (bicyclic) bond motifs is 1. The summed E-state index contributed by atoms with van der Waals surface area (Å²) in [7, 11) is 1.54. The van der Waals surface area contributed by atoms with Gasteiger partial charge in [-0.1, -0.05) is 13.8 Å². The van der Waals surface area contributed by atoms with Gasteiger partial charge in [0.05, 0.1) is 17.9 Å². The first-order valence-electron chi connectivity index (χ1n) is 10.1. The molecular formula is C22H24N4O6. The fourth-order valence-electron chi connectivity index (χ4n) is 3.46. The van der Waals surface area contributed by atoms with Crippen LogP contribution in [-0.4, -0.2) is 57.9 Å². The Morgan fingerprint density at radius 3 is 2.69 bits per heavy atom. The number of hydrogen-bond acceptors (Lipinski definition) is 8. The third kappa shape index (κ3) is 3.92. The highest BCUT2D eigenvalue weighted by atomic mass is 16.7. The average molecular weight is 440 g/mol. The van der Waals surface area contributed by atoms with Crippen molar-refractivity contribution in [3.63, 3.8) is 0 Å². The third-order valence-electron chi connectivity index (χ3n) is 5.08. The van der Waals surface area contributed by atoms with Crippen molar-refractivity contribution in [1.29, 1.82) is 0 Å². The van der Waals surface area contributed by atoms with E-state index in [1.54, 1.807) is 31.4 Å². The number of ether oxygens (including phenoxy) is 3. The second kappa shape index (κ2) is 8.75. The van der Waals surface area contributed by atoms with Gasteiger partial charge in [-0.15, -0.1) is 10.2 Å². The molecule has 1 amide bonds. The van der Waals surface area contributed by atoms with Crippen molar-refractivity contribution in [2.75, 3.05) is 27.1 Å². The Bertz CT molecular complexity index is 1160. The van der Waals surface area contributed by atoms with Crippen molar-refractivity contribution in [3.05, 3.63) is 41.7 Å². The molecule has 3 aromatic rings. The Morgan fingerprint density at radius 1 is 1.16 bits per heavy atom. The third-order valence-corrected chi connectivity index (χ3v) is 5.08. The minimum atomic E-state index is -0.458. The summed E-state index contributed by atoms with van der Waals surface area (Å²) in [6.45, 7) is 4.59. The summed E-state index contributed by atoms with van der Waals surface area (Å²) in [5.74, 6) is 0.692. The molecule has 0 aliphatic carbocycles. The van der Waals surface area contributed by atoms with Gasteiger partial charge in [0.2, 0.25) is 12.6 Å². The van der Waals surface area contributed by atoms with Crippen molar-refractivity contribution in [3.8, 4) is 40.1 Å². The Morgan fingerprint density at radius 2 is 1.94 bits per heavy atom. The smallest absolute Gasteiger partial charge is 0.289 e. The number of nitrogens with one attached hydrogen (secondary N) is 1. The largest absolute Gasteiger partial charge is 0.508 e. The minimum absolute atomic E-state index is 0.00641. The lowest BCUT2D eigenvalue weighted by molar-refractivity contribution is 0.0924. The second-order valence-electron chi connectivity index (χ2n) is 7.55. The van der Waals surface area contributed by atoms with Crippen molar-refractivity contribution >= 4 is 5.91 Å². The number of phenolic OH excluding ortho intramolecular Hbond substituents is 2. The van der Waals surface area contributed by atoms with Crippen LogP contribution in [0.2, 0.25) is 0 Å². The van der Waals surface area contributed by atoms with Crippen LogP contribution >= 0.6 is 0 Å². The van der Waals surface area contributed by atoms with Gasteiger partial charge in [-0.3, -0.25) is 9.36 Å². The number of benzene rings is 2. The van der Waals surface area contributed by atoms with Crippen molar-refractivity contribution in [1.82, 2.24) is 20.1 Å². The van der Waals surface area contributed by atoms with Crippen LogP contribution in [0.15, 0.2) is 30.3 Å². The molecule has 10 nitrogen and oxygen atoms in total. The maximum Gasteiger partial charge on any atom is 0.289 e. The molecule has 1 aromatic heterocycles. The second-order valence-corrected chi connectivity index (χ2v) is 7.55. The number of carbonyl (C=O) groups is 1. The number of carbonyl (C=O) groups excluding carboxylic acids is 1. The molecule has 1 aliphatic heterocycles. The van der Waals surface area contributed by atoms with E-state index in [-0.39, 0.29) is 35.9 Å². The molecule has 0 unspecified atom stereocenters. The maximum absolute atomic E-state index is 12.9. The standard InChI is InChI=1S/C22H24N4O6/c1-12(2)14-9-15(17(28)10-16(14)27)20-24-25-21(22(29)23-6-7-30-3)26(20)13-4-5-18-19(8-13)32-11-31-18/h4-5,8-10,12,27-28H,6-7,11H2,1-3H3,(H,23,29). The first kappa shape index (κ1) is 21.4. The van der Waals surface area contributed by atoms with Gasteiger partial charge < -0.3 is 29.7 Å². The van der Waals surface area contributed by atoms with Crippen molar-refractivity contribution < 1.29 is 29.2 Å². The molecule has 0 spiro atoms. The Labute approximate surface area is 184 Å². The molecule has 0 radical (unpaired) electrons. The van der Waals surface area contributed by atoms with E-state index in [0.717, 1.165) is 0 Å². The van der Waals surface area contributed by atoms with Crippen molar-refractivity contribution in [2.24, 2.45) is 0 Å². The van der Waals surface area contributed by atoms with Gasteiger partial charge in [0.1, 0.15) is 11.5 Å². The molecule has 0 saturated heterocycles. The fourth-order valence-corrected chi connectivity index (χ4v) is 3.46. The minimum Gasteiger partial charge on any atom is -0.508 e. The molecule has 1 aliphatic rings. The lowest BCUT2D eigenvalue weighted by Crippen LogP contribution is -2.29. The predicted octanol–water partition coefficient (Wildman–Crippen LogP) is 2.57. The van der Waals surface area contributed by atoms with E-state index in [4.69, 9.17) is 14.2 Å². The zero-order valence-corrected chi connectivity index (χ0v) is 18.0. The normalized spacial score (nSPS) is 12.4. The molecule has 0 fully saturated rings. The number of hydrogen-bond donors (Lipinski definition) is 3. The number of rotatable bonds is 7. The lowest BCUT2D eigenvalue weighted by atomic mass is 9.98. The summed E-state index contributed by atoms with van der Waals surface area (Å²) in [4.78, 5) is 12.9. The molecule has 32 heavy (non-hydrogen) atoms.